The molecule has 0 bridgehead atoms. The second-order valence-electron chi connectivity index (χ2n) is 11.1. The molecule has 255 valence electrons. The number of carbonyl (C=O) groups is 5. The molecule has 1 saturated carbocycles. The number of carbonyl (C=O) groups excluding carboxylic acids is 5. The van der Waals surface area contributed by atoms with Gasteiger partial charge in [0.05, 0.1) is 0 Å². The van der Waals surface area contributed by atoms with Crippen LogP contribution in [0.4, 0.5) is 0 Å². The molecule has 0 heterocycles. The van der Waals surface area contributed by atoms with Gasteiger partial charge < -0.3 is 23.7 Å². The molecule has 45 heavy (non-hydrogen) atoms. The van der Waals surface area contributed by atoms with Crippen LogP contribution in [0.2, 0.25) is 0 Å². The Morgan fingerprint density at radius 1 is 0.311 bits per heavy atom. The lowest BCUT2D eigenvalue weighted by Crippen LogP contribution is -2.37. The zero-order valence-electron chi connectivity index (χ0n) is 29.0. The van der Waals surface area contributed by atoms with E-state index < -0.39 is 90.0 Å². The van der Waals surface area contributed by atoms with Crippen LogP contribution in [0.25, 0.3) is 0 Å². The fourth-order valence-electron chi connectivity index (χ4n) is 4.97. The monoisotopic (exact) mass is 635 g/mol. The Balaban J connectivity index is 4.05. The summed E-state index contributed by atoms with van der Waals surface area (Å²) in [4.78, 5) is 70.1. The van der Waals surface area contributed by atoms with Gasteiger partial charge in [0, 0.05) is 0 Å². The molecule has 0 aliphatic heterocycles. The van der Waals surface area contributed by atoms with E-state index in [2.05, 4.69) is 0 Å². The summed E-state index contributed by atoms with van der Waals surface area (Å²) in [5.74, 6) is -8.00. The predicted octanol–water partition coefficient (Wildman–Crippen LogP) is 6.53. The molecule has 0 aromatic rings. The highest BCUT2D eigenvalue weighted by molar-refractivity contribution is 6.28. The third kappa shape index (κ3) is 10.7. The van der Waals surface area contributed by atoms with Crippen LogP contribution in [0.5, 0.6) is 0 Å². The van der Waals surface area contributed by atoms with E-state index in [1.54, 1.807) is 0 Å². The van der Waals surface area contributed by atoms with Crippen molar-refractivity contribution in [2.75, 3.05) is 0 Å². The van der Waals surface area contributed by atoms with Gasteiger partial charge in [-0.05, 0) is 64.2 Å². The van der Waals surface area contributed by atoms with Gasteiger partial charge in [-0.2, -0.15) is 0 Å². The molecule has 0 amide bonds. The van der Waals surface area contributed by atoms with E-state index in [9.17, 15) is 24.0 Å². The van der Waals surface area contributed by atoms with Crippen LogP contribution < -0.4 is 0 Å². The summed E-state index contributed by atoms with van der Waals surface area (Å²) in [6, 6.07) is 0. The van der Waals surface area contributed by atoms with Crippen LogP contribution in [0.15, 0.2) is 0 Å². The molecule has 1 aliphatic carbocycles. The Kier molecular flexibility index (Phi) is 18.4. The Morgan fingerprint density at radius 2 is 0.422 bits per heavy atom. The zero-order chi connectivity index (χ0) is 34.3. The minimum atomic E-state index is -1.05. The van der Waals surface area contributed by atoms with Crippen molar-refractivity contribution < 1.29 is 47.7 Å². The van der Waals surface area contributed by atoms with Gasteiger partial charge in [0.15, 0.2) is 0 Å². The summed E-state index contributed by atoms with van der Waals surface area (Å²) in [7, 11) is 0. The van der Waals surface area contributed by atoms with E-state index in [1.165, 1.54) is 0 Å². The number of hydrogen-bond donors (Lipinski definition) is 0. The maximum Gasteiger partial charge on any atom is 0.316 e. The fourth-order valence-corrected chi connectivity index (χ4v) is 4.97. The molecule has 10 nitrogen and oxygen atoms in total. The minimum Gasteiger partial charge on any atom is -0.462 e. The summed E-state index contributed by atoms with van der Waals surface area (Å²) in [5, 5.41) is 0. The van der Waals surface area contributed by atoms with Crippen molar-refractivity contribution in [2.24, 2.45) is 0 Å². The largest absolute Gasteiger partial charge is 0.462 e. The van der Waals surface area contributed by atoms with Gasteiger partial charge in [0.25, 0.3) is 0 Å². The Bertz CT molecular complexity index is 745. The van der Waals surface area contributed by atoms with Crippen molar-refractivity contribution in [1.29, 1.82) is 0 Å². The normalized spacial score (nSPS) is 15.4. The van der Waals surface area contributed by atoms with Gasteiger partial charge in [0.2, 0.25) is 0 Å². The highest BCUT2D eigenvalue weighted by Gasteiger charge is 2.69. The van der Waals surface area contributed by atoms with E-state index in [-0.39, 0.29) is 0 Å². The standard InChI is InChI=1S/C35H55O10/c1-11-21(12-2)41-31(36)26-27(32(37)42-22(13-3)14-4)29(34(39)44-24(17-7)18-8)30(35(40)45-25(19-9)20-10)28(26)33(38)43-23(15-5)16-6/h21-25H,11-20H2,1-10H3. The second-order valence-corrected chi connectivity index (χ2v) is 11.1. The number of hydrogen-bond acceptors (Lipinski definition) is 10. The summed E-state index contributed by atoms with van der Waals surface area (Å²) in [6.45, 7) is 18.3. The van der Waals surface area contributed by atoms with Crippen LogP contribution in [-0.4, -0.2) is 60.4 Å². The summed E-state index contributed by atoms with van der Waals surface area (Å²) < 4.78 is 28.7. The molecule has 1 fully saturated rings. The molecule has 0 aromatic heterocycles. The molecule has 0 unspecified atom stereocenters. The van der Waals surface area contributed by atoms with E-state index in [1.807, 2.05) is 69.2 Å². The second kappa shape index (κ2) is 20.5. The van der Waals surface area contributed by atoms with Crippen LogP contribution in [0, 0.1) is 29.6 Å². The van der Waals surface area contributed by atoms with E-state index in [4.69, 9.17) is 23.7 Å². The molecule has 1 aliphatic rings. The third-order valence-electron chi connectivity index (χ3n) is 8.19. The smallest absolute Gasteiger partial charge is 0.316 e. The lowest BCUT2D eigenvalue weighted by molar-refractivity contribution is -0.154. The van der Waals surface area contributed by atoms with Crippen LogP contribution in [0.3, 0.4) is 0 Å². The molecular weight excluding hydrogens is 580 g/mol. The molecule has 0 N–H and O–H groups in total. The lowest BCUT2D eigenvalue weighted by atomic mass is 9.86. The van der Waals surface area contributed by atoms with Crippen molar-refractivity contribution in [3.63, 3.8) is 0 Å². The first kappa shape index (κ1) is 40.4. The molecular formula is C35H55O10. The Morgan fingerprint density at radius 3 is 0.511 bits per heavy atom. The van der Waals surface area contributed by atoms with Gasteiger partial charge in [-0.3, -0.25) is 24.0 Å². The molecule has 10 heteroatoms. The SMILES string of the molecule is CCC(CC)OC(=O)[C]1[C](C(=O)OC(CC)CC)[C](C(=O)OC(CC)CC)[C](C(=O)OC(CC)CC)[C]1C(=O)OC(CC)CC. The average Bonchev–Trinajstić information content (AvgIpc) is 3.42. The van der Waals surface area contributed by atoms with Gasteiger partial charge in [-0.1, -0.05) is 69.2 Å². The highest BCUT2D eigenvalue weighted by atomic mass is 16.6. The lowest BCUT2D eigenvalue weighted by Gasteiger charge is -2.26. The number of ether oxygens (including phenoxy) is 5. The van der Waals surface area contributed by atoms with Crippen molar-refractivity contribution in [3.05, 3.63) is 29.6 Å². The summed E-state index contributed by atoms with van der Waals surface area (Å²) >= 11 is 0. The van der Waals surface area contributed by atoms with Crippen LogP contribution in [0.1, 0.15) is 133 Å². The number of esters is 5. The van der Waals surface area contributed by atoms with E-state index in [0.717, 1.165) is 0 Å². The molecule has 5 radical (unpaired) electrons. The first-order valence-electron chi connectivity index (χ1n) is 16.9. The first-order valence-corrected chi connectivity index (χ1v) is 16.9. The molecule has 0 saturated heterocycles. The maximum atomic E-state index is 14.0. The van der Waals surface area contributed by atoms with Crippen molar-refractivity contribution >= 4 is 29.8 Å². The molecule has 0 aromatic carbocycles. The molecule has 0 atom stereocenters. The highest BCUT2D eigenvalue weighted by Crippen LogP contribution is 2.56. The fraction of sp³-hybridized carbons (Fsp3) is 0.714. The van der Waals surface area contributed by atoms with Crippen LogP contribution >= 0.6 is 0 Å². The van der Waals surface area contributed by atoms with E-state index in [0.29, 0.717) is 64.2 Å². The Hall–Kier alpha value is -2.65. The zero-order valence-corrected chi connectivity index (χ0v) is 29.0. The average molecular weight is 636 g/mol. The van der Waals surface area contributed by atoms with Crippen molar-refractivity contribution in [1.82, 2.24) is 0 Å². The van der Waals surface area contributed by atoms with Gasteiger partial charge in [-0.25, -0.2) is 0 Å². The minimum absolute atomic E-state index is 0.456. The van der Waals surface area contributed by atoms with Gasteiger partial charge in [-0.15, -0.1) is 0 Å². The van der Waals surface area contributed by atoms with Crippen molar-refractivity contribution in [3.8, 4) is 0 Å². The van der Waals surface area contributed by atoms with E-state index >= 15 is 0 Å². The summed E-state index contributed by atoms with van der Waals surface area (Å²) in [6.07, 6.45) is 1.77. The predicted molar refractivity (Wildman–Crippen MR) is 169 cm³/mol. The molecule has 0 spiro atoms. The molecule has 1 rings (SSSR count). The third-order valence-corrected chi connectivity index (χ3v) is 8.19. The van der Waals surface area contributed by atoms with Crippen LogP contribution in [-0.2, 0) is 47.7 Å². The maximum absolute atomic E-state index is 14.0. The first-order chi connectivity index (χ1) is 21.5. The topological polar surface area (TPSA) is 132 Å². The summed E-state index contributed by atoms with van der Waals surface area (Å²) in [5.41, 5.74) is 0. The van der Waals surface area contributed by atoms with Gasteiger partial charge >= 0.3 is 29.8 Å². The Labute approximate surface area is 271 Å². The van der Waals surface area contributed by atoms with Crippen molar-refractivity contribution in [2.45, 2.75) is 164 Å². The quantitative estimate of drug-likeness (QED) is 0.107. The van der Waals surface area contributed by atoms with Gasteiger partial charge in [0.1, 0.15) is 60.1 Å². The number of rotatable bonds is 20.